The van der Waals surface area contributed by atoms with E-state index in [1.165, 1.54) is 5.56 Å². The van der Waals surface area contributed by atoms with Crippen LogP contribution in [0.2, 0.25) is 0 Å². The van der Waals surface area contributed by atoms with Gasteiger partial charge in [-0.2, -0.15) is 0 Å². The standard InChI is InChI=1S/C13H16ClN3/c1-10(2)13-12(8-14)15-16-17(13)9-11-6-4-3-5-7-11/h3-7,10H,8-9H2,1-2H3. The van der Waals surface area contributed by atoms with Gasteiger partial charge in [0.05, 0.1) is 18.1 Å². The van der Waals surface area contributed by atoms with Crippen LogP contribution in [0, 0.1) is 0 Å². The first-order valence-electron chi connectivity index (χ1n) is 5.74. The fourth-order valence-electron chi connectivity index (χ4n) is 1.96. The van der Waals surface area contributed by atoms with Crippen LogP contribution in [0.5, 0.6) is 0 Å². The Balaban J connectivity index is 2.30. The minimum absolute atomic E-state index is 0.377. The lowest BCUT2D eigenvalue weighted by Gasteiger charge is -2.10. The Morgan fingerprint density at radius 1 is 1.24 bits per heavy atom. The third kappa shape index (κ3) is 2.67. The van der Waals surface area contributed by atoms with Gasteiger partial charge >= 0.3 is 0 Å². The lowest BCUT2D eigenvalue weighted by molar-refractivity contribution is 0.597. The van der Waals surface area contributed by atoms with Gasteiger partial charge in [-0.05, 0) is 11.5 Å². The van der Waals surface area contributed by atoms with Gasteiger partial charge < -0.3 is 0 Å². The molecule has 0 radical (unpaired) electrons. The minimum atomic E-state index is 0.377. The van der Waals surface area contributed by atoms with Crippen molar-refractivity contribution < 1.29 is 0 Å². The predicted molar refractivity (Wildman–Crippen MR) is 69.2 cm³/mol. The van der Waals surface area contributed by atoms with Crippen molar-refractivity contribution in [2.75, 3.05) is 0 Å². The summed E-state index contributed by atoms with van der Waals surface area (Å²) in [5, 5.41) is 8.32. The van der Waals surface area contributed by atoms with E-state index in [4.69, 9.17) is 11.6 Å². The largest absolute Gasteiger partial charge is 0.244 e. The SMILES string of the molecule is CC(C)c1c(CCl)nnn1Cc1ccccc1. The average Bonchev–Trinajstić information content (AvgIpc) is 2.73. The summed E-state index contributed by atoms with van der Waals surface area (Å²) in [6.45, 7) is 5.02. The van der Waals surface area contributed by atoms with Crippen molar-refractivity contribution >= 4 is 11.6 Å². The molecule has 4 heteroatoms. The van der Waals surface area contributed by atoms with Crippen molar-refractivity contribution in [3.63, 3.8) is 0 Å². The van der Waals surface area contributed by atoms with Crippen molar-refractivity contribution in [3.8, 4) is 0 Å². The monoisotopic (exact) mass is 249 g/mol. The second-order valence-electron chi connectivity index (χ2n) is 4.35. The van der Waals surface area contributed by atoms with E-state index in [1.807, 2.05) is 22.9 Å². The summed E-state index contributed by atoms with van der Waals surface area (Å²) in [5.74, 6) is 0.796. The van der Waals surface area contributed by atoms with E-state index in [2.05, 4.69) is 36.3 Å². The molecule has 0 aliphatic rings. The van der Waals surface area contributed by atoms with Gasteiger partial charge in [-0.15, -0.1) is 16.7 Å². The number of halogens is 1. The first-order valence-corrected chi connectivity index (χ1v) is 6.28. The van der Waals surface area contributed by atoms with Gasteiger partial charge in [-0.1, -0.05) is 49.4 Å². The molecule has 2 aromatic rings. The molecule has 3 nitrogen and oxygen atoms in total. The highest BCUT2D eigenvalue weighted by Gasteiger charge is 2.15. The summed E-state index contributed by atoms with van der Waals surface area (Å²) in [7, 11) is 0. The van der Waals surface area contributed by atoms with Gasteiger partial charge in [0.2, 0.25) is 0 Å². The van der Waals surface area contributed by atoms with Crippen molar-refractivity contribution in [2.24, 2.45) is 0 Å². The Bertz CT molecular complexity index is 477. The van der Waals surface area contributed by atoms with Gasteiger partial charge in [0.15, 0.2) is 0 Å². The van der Waals surface area contributed by atoms with Gasteiger partial charge in [0, 0.05) is 0 Å². The molecule has 1 heterocycles. The maximum atomic E-state index is 5.88. The molecular weight excluding hydrogens is 234 g/mol. The van der Waals surface area contributed by atoms with E-state index in [0.717, 1.165) is 17.9 Å². The second kappa shape index (κ2) is 5.32. The highest BCUT2D eigenvalue weighted by Crippen LogP contribution is 2.19. The van der Waals surface area contributed by atoms with Crippen LogP contribution in [0.4, 0.5) is 0 Å². The van der Waals surface area contributed by atoms with Gasteiger partial charge in [-0.3, -0.25) is 0 Å². The van der Waals surface area contributed by atoms with Crippen molar-refractivity contribution in [2.45, 2.75) is 32.2 Å². The van der Waals surface area contributed by atoms with Crippen LogP contribution in [0.1, 0.15) is 36.7 Å². The van der Waals surface area contributed by atoms with Crippen molar-refractivity contribution in [3.05, 3.63) is 47.3 Å². The quantitative estimate of drug-likeness (QED) is 0.780. The van der Waals surface area contributed by atoms with Crippen LogP contribution < -0.4 is 0 Å². The first-order chi connectivity index (χ1) is 8.22. The molecule has 1 aromatic heterocycles. The molecule has 0 aliphatic heterocycles. The molecule has 0 aliphatic carbocycles. The average molecular weight is 250 g/mol. The number of hydrogen-bond donors (Lipinski definition) is 0. The summed E-state index contributed by atoms with van der Waals surface area (Å²) >= 11 is 5.88. The predicted octanol–water partition coefficient (Wildman–Crippen LogP) is 3.19. The van der Waals surface area contributed by atoms with E-state index >= 15 is 0 Å². The smallest absolute Gasteiger partial charge is 0.101 e. The molecule has 0 saturated carbocycles. The molecule has 0 N–H and O–H groups in total. The molecule has 90 valence electrons. The molecule has 0 fully saturated rings. The van der Waals surface area contributed by atoms with Crippen LogP contribution in [0.15, 0.2) is 30.3 Å². The van der Waals surface area contributed by atoms with E-state index in [9.17, 15) is 0 Å². The highest BCUT2D eigenvalue weighted by atomic mass is 35.5. The lowest BCUT2D eigenvalue weighted by Crippen LogP contribution is -2.08. The third-order valence-electron chi connectivity index (χ3n) is 2.70. The van der Waals surface area contributed by atoms with Crippen LogP contribution in [0.3, 0.4) is 0 Å². The number of aromatic nitrogens is 3. The van der Waals surface area contributed by atoms with Crippen LogP contribution >= 0.6 is 11.6 Å². The fourth-order valence-corrected chi connectivity index (χ4v) is 2.15. The Morgan fingerprint density at radius 3 is 2.53 bits per heavy atom. The van der Waals surface area contributed by atoms with Crippen molar-refractivity contribution in [1.82, 2.24) is 15.0 Å². The molecule has 0 spiro atoms. The number of rotatable bonds is 4. The van der Waals surface area contributed by atoms with E-state index in [-0.39, 0.29) is 0 Å². The Kier molecular flexibility index (Phi) is 3.79. The molecule has 0 bridgehead atoms. The zero-order chi connectivity index (χ0) is 12.3. The molecule has 1 aromatic carbocycles. The van der Waals surface area contributed by atoms with Gasteiger partial charge in [-0.25, -0.2) is 4.68 Å². The topological polar surface area (TPSA) is 30.7 Å². The summed E-state index contributed by atoms with van der Waals surface area (Å²) in [6, 6.07) is 10.3. The summed E-state index contributed by atoms with van der Waals surface area (Å²) in [6.07, 6.45) is 0. The molecule has 2 rings (SSSR count). The van der Waals surface area contributed by atoms with Crippen LogP contribution in [0.25, 0.3) is 0 Å². The fraction of sp³-hybridized carbons (Fsp3) is 0.385. The Hall–Kier alpha value is -1.35. The van der Waals surface area contributed by atoms with Crippen molar-refractivity contribution in [1.29, 1.82) is 0 Å². The Labute approximate surface area is 106 Å². The number of hydrogen-bond acceptors (Lipinski definition) is 2. The number of nitrogens with zero attached hydrogens (tertiary/aromatic N) is 3. The second-order valence-corrected chi connectivity index (χ2v) is 4.62. The van der Waals surface area contributed by atoms with E-state index < -0.39 is 0 Å². The summed E-state index contributed by atoms with van der Waals surface area (Å²) in [4.78, 5) is 0. The maximum absolute atomic E-state index is 5.88. The molecule has 0 atom stereocenters. The zero-order valence-corrected chi connectivity index (χ0v) is 10.9. The van der Waals surface area contributed by atoms with Crippen LogP contribution in [-0.4, -0.2) is 15.0 Å². The summed E-state index contributed by atoms with van der Waals surface area (Å²) in [5.41, 5.74) is 3.24. The van der Waals surface area contributed by atoms with Crippen LogP contribution in [-0.2, 0) is 12.4 Å². The minimum Gasteiger partial charge on any atom is -0.244 e. The molecule has 0 unspecified atom stereocenters. The zero-order valence-electron chi connectivity index (χ0n) is 10.1. The van der Waals surface area contributed by atoms with Gasteiger partial charge in [0.25, 0.3) is 0 Å². The third-order valence-corrected chi connectivity index (χ3v) is 2.95. The highest BCUT2D eigenvalue weighted by molar-refractivity contribution is 6.16. The van der Waals surface area contributed by atoms with E-state index in [1.54, 1.807) is 0 Å². The number of alkyl halides is 1. The molecule has 0 saturated heterocycles. The van der Waals surface area contributed by atoms with E-state index in [0.29, 0.717) is 11.8 Å². The molecular formula is C13H16ClN3. The summed E-state index contributed by atoms with van der Waals surface area (Å²) < 4.78 is 1.94. The van der Waals surface area contributed by atoms with Gasteiger partial charge in [0.1, 0.15) is 5.69 Å². The Morgan fingerprint density at radius 2 is 1.94 bits per heavy atom. The normalized spacial score (nSPS) is 11.1. The molecule has 0 amide bonds. The lowest BCUT2D eigenvalue weighted by atomic mass is 10.1. The molecule has 17 heavy (non-hydrogen) atoms. The first kappa shape index (κ1) is 12.1. The number of benzene rings is 1. The maximum Gasteiger partial charge on any atom is 0.101 e.